The first-order chi connectivity index (χ1) is 16.5. The van der Waals surface area contributed by atoms with E-state index in [1.165, 1.54) is 0 Å². The maximum Gasteiger partial charge on any atom is 0.227 e. The number of carbonyl (C=O) groups excluding carboxylic acids is 1. The third-order valence-electron chi connectivity index (χ3n) is 6.95. The van der Waals surface area contributed by atoms with Crippen LogP contribution in [0.4, 0.5) is 11.8 Å². The smallest absolute Gasteiger partial charge is 0.227 e. The van der Waals surface area contributed by atoms with E-state index >= 15 is 0 Å². The molecule has 0 radical (unpaired) electrons. The Morgan fingerprint density at radius 1 is 1.26 bits per heavy atom. The van der Waals surface area contributed by atoms with Gasteiger partial charge in [0.25, 0.3) is 0 Å². The Morgan fingerprint density at radius 2 is 2.00 bits per heavy atom. The number of aromatic nitrogens is 2. The van der Waals surface area contributed by atoms with Crippen LogP contribution in [0.1, 0.15) is 50.3 Å². The van der Waals surface area contributed by atoms with Crippen LogP contribution in [0.3, 0.4) is 0 Å². The molecule has 3 heterocycles. The first-order valence-electron chi connectivity index (χ1n) is 12.0. The molecule has 1 unspecified atom stereocenters. The van der Waals surface area contributed by atoms with E-state index in [9.17, 15) is 14.3 Å². The number of aryl methyl sites for hydroxylation is 1. The molecule has 2 aliphatic rings. The summed E-state index contributed by atoms with van der Waals surface area (Å²) in [6.45, 7) is 3.42. The second kappa shape index (κ2) is 10.5. The van der Waals surface area contributed by atoms with E-state index < -0.39 is 16.2 Å². The second-order valence-electron chi connectivity index (χ2n) is 8.96. The Bertz CT molecular complexity index is 1090. The normalized spacial score (nSPS) is 19.7. The van der Waals surface area contributed by atoms with Crippen molar-refractivity contribution in [3.05, 3.63) is 41.6 Å². The van der Waals surface area contributed by atoms with Gasteiger partial charge in [0.05, 0.1) is 28.0 Å². The number of nitrogens with zero attached hydrogens (tertiary/aromatic N) is 4. The first kappa shape index (κ1) is 24.1. The molecule has 2 aliphatic heterocycles. The standard InChI is InChI=1S/C25H32N6O2S/c1-3-19(9-10-21(32)27-2)28-23-22-20(11-16-34(22)33)29-24(30-23)31-14-12-25(17-26,13-15-31)18-7-5-4-6-8-18/h4-8,19H,3,9-16H2,1-2H3,(H,27,32)(H,28,29,30)/t19-,34?/m1/s1. The molecule has 1 amide bonds. The molecule has 0 aliphatic carbocycles. The van der Waals surface area contributed by atoms with Crippen molar-refractivity contribution < 1.29 is 9.00 Å². The molecular weight excluding hydrogens is 448 g/mol. The first-order valence-corrected chi connectivity index (χ1v) is 13.3. The Balaban J connectivity index is 1.55. The summed E-state index contributed by atoms with van der Waals surface area (Å²) in [5.41, 5.74) is 1.41. The summed E-state index contributed by atoms with van der Waals surface area (Å²) in [5, 5.41) is 16.1. The largest absolute Gasteiger partial charge is 0.366 e. The van der Waals surface area contributed by atoms with E-state index in [1.54, 1.807) is 7.05 Å². The number of benzene rings is 1. The number of nitriles is 1. The lowest BCUT2D eigenvalue weighted by Gasteiger charge is -2.37. The summed E-state index contributed by atoms with van der Waals surface area (Å²) in [4.78, 5) is 24.2. The number of hydrogen-bond acceptors (Lipinski definition) is 7. The minimum Gasteiger partial charge on any atom is -0.366 e. The average Bonchev–Trinajstić information content (AvgIpc) is 3.27. The molecule has 1 fully saturated rings. The fraction of sp³-hybridized carbons (Fsp3) is 0.520. The molecule has 0 saturated carbocycles. The van der Waals surface area contributed by atoms with Crippen molar-refractivity contribution in [2.75, 3.05) is 36.1 Å². The van der Waals surface area contributed by atoms with Crippen LogP contribution in [-0.2, 0) is 27.4 Å². The van der Waals surface area contributed by atoms with Crippen LogP contribution in [0.2, 0.25) is 0 Å². The Hall–Kier alpha value is -2.99. The fourth-order valence-corrected chi connectivity index (χ4v) is 6.05. The van der Waals surface area contributed by atoms with E-state index in [-0.39, 0.29) is 11.9 Å². The summed E-state index contributed by atoms with van der Waals surface area (Å²) in [5.74, 6) is 1.81. The van der Waals surface area contributed by atoms with Gasteiger partial charge in [-0.3, -0.25) is 9.00 Å². The lowest BCUT2D eigenvalue weighted by molar-refractivity contribution is -0.120. The quantitative estimate of drug-likeness (QED) is 0.598. The van der Waals surface area contributed by atoms with Gasteiger partial charge in [-0.05, 0) is 31.2 Å². The lowest BCUT2D eigenvalue weighted by atomic mass is 9.74. The van der Waals surface area contributed by atoms with Crippen LogP contribution in [0.25, 0.3) is 0 Å². The van der Waals surface area contributed by atoms with Gasteiger partial charge in [0, 0.05) is 44.8 Å². The number of nitrogens with one attached hydrogen (secondary N) is 2. The third kappa shape index (κ3) is 4.92. The van der Waals surface area contributed by atoms with Crippen LogP contribution in [0, 0.1) is 11.3 Å². The molecule has 2 aromatic rings. The topological polar surface area (TPSA) is 111 Å². The molecule has 1 saturated heterocycles. The van der Waals surface area contributed by atoms with E-state index in [0.29, 0.717) is 67.6 Å². The molecular formula is C25H32N6O2S. The predicted octanol–water partition coefficient (Wildman–Crippen LogP) is 2.92. The number of fused-ring (bicyclic) bond motifs is 1. The van der Waals surface area contributed by atoms with Crippen molar-refractivity contribution in [1.29, 1.82) is 5.26 Å². The molecule has 1 aromatic heterocycles. The lowest BCUT2D eigenvalue weighted by Crippen LogP contribution is -2.42. The highest BCUT2D eigenvalue weighted by atomic mass is 32.2. The van der Waals surface area contributed by atoms with Gasteiger partial charge >= 0.3 is 0 Å². The SMILES string of the molecule is CC[C@H](CCC(=O)NC)Nc1nc(N2CCC(C#N)(c3ccccc3)CC2)nc2c1S(=O)CC2. The maximum atomic E-state index is 12.7. The summed E-state index contributed by atoms with van der Waals surface area (Å²) in [6, 6.07) is 12.6. The van der Waals surface area contributed by atoms with Crippen LogP contribution in [-0.4, -0.2) is 52.0 Å². The zero-order chi connectivity index (χ0) is 24.1. The monoisotopic (exact) mass is 480 g/mol. The summed E-state index contributed by atoms with van der Waals surface area (Å²) in [7, 11) is 0.517. The van der Waals surface area contributed by atoms with Gasteiger partial charge < -0.3 is 15.5 Å². The van der Waals surface area contributed by atoms with Crippen molar-refractivity contribution in [3.63, 3.8) is 0 Å². The highest BCUT2D eigenvalue weighted by Crippen LogP contribution is 2.37. The van der Waals surface area contributed by atoms with Crippen molar-refractivity contribution in [3.8, 4) is 6.07 Å². The van der Waals surface area contributed by atoms with Crippen molar-refractivity contribution in [2.45, 2.75) is 61.8 Å². The van der Waals surface area contributed by atoms with Gasteiger partial charge in [-0.25, -0.2) is 4.98 Å². The highest BCUT2D eigenvalue weighted by Gasteiger charge is 2.38. The number of piperidine rings is 1. The second-order valence-corrected chi connectivity index (χ2v) is 10.5. The number of rotatable bonds is 8. The molecule has 2 N–H and O–H groups in total. The minimum atomic E-state index is -1.12. The van der Waals surface area contributed by atoms with Crippen LogP contribution < -0.4 is 15.5 Å². The number of carbonyl (C=O) groups is 1. The van der Waals surface area contributed by atoms with Crippen LogP contribution in [0.5, 0.6) is 0 Å². The molecule has 8 nitrogen and oxygen atoms in total. The number of anilines is 2. The molecule has 34 heavy (non-hydrogen) atoms. The summed E-state index contributed by atoms with van der Waals surface area (Å²) in [6.07, 6.45) is 3.98. The molecule has 9 heteroatoms. The Kier molecular flexibility index (Phi) is 7.47. The Labute approximate surface area is 203 Å². The molecule has 4 rings (SSSR count). The number of amides is 1. The van der Waals surface area contributed by atoms with Gasteiger partial charge in [0.1, 0.15) is 10.7 Å². The summed E-state index contributed by atoms with van der Waals surface area (Å²) >= 11 is 0. The maximum absolute atomic E-state index is 12.7. The third-order valence-corrected chi connectivity index (χ3v) is 8.41. The number of hydrogen-bond donors (Lipinski definition) is 2. The molecule has 1 aromatic carbocycles. The van der Waals surface area contributed by atoms with E-state index in [2.05, 4.69) is 28.5 Å². The molecule has 0 bridgehead atoms. The van der Waals surface area contributed by atoms with E-state index in [1.807, 2.05) is 30.3 Å². The minimum absolute atomic E-state index is 0.00476. The highest BCUT2D eigenvalue weighted by molar-refractivity contribution is 7.85. The van der Waals surface area contributed by atoms with Gasteiger partial charge in [-0.1, -0.05) is 37.3 Å². The molecule has 0 spiro atoms. The molecule has 180 valence electrons. The van der Waals surface area contributed by atoms with E-state index in [0.717, 1.165) is 17.7 Å². The summed E-state index contributed by atoms with van der Waals surface area (Å²) < 4.78 is 12.7. The Morgan fingerprint density at radius 3 is 2.65 bits per heavy atom. The average molecular weight is 481 g/mol. The van der Waals surface area contributed by atoms with Crippen molar-refractivity contribution in [1.82, 2.24) is 15.3 Å². The predicted molar refractivity (Wildman–Crippen MR) is 133 cm³/mol. The zero-order valence-electron chi connectivity index (χ0n) is 19.8. The zero-order valence-corrected chi connectivity index (χ0v) is 20.7. The van der Waals surface area contributed by atoms with Crippen LogP contribution >= 0.6 is 0 Å². The molecule has 2 atom stereocenters. The van der Waals surface area contributed by atoms with Crippen LogP contribution in [0.15, 0.2) is 35.2 Å². The van der Waals surface area contributed by atoms with Crippen molar-refractivity contribution in [2.24, 2.45) is 0 Å². The van der Waals surface area contributed by atoms with Crippen molar-refractivity contribution >= 4 is 28.5 Å². The van der Waals surface area contributed by atoms with Gasteiger partial charge in [-0.2, -0.15) is 10.2 Å². The van der Waals surface area contributed by atoms with Gasteiger partial charge in [-0.15, -0.1) is 0 Å². The van der Waals surface area contributed by atoms with E-state index in [4.69, 9.17) is 9.97 Å². The van der Waals surface area contributed by atoms with Gasteiger partial charge in [0.15, 0.2) is 0 Å². The van der Waals surface area contributed by atoms with Gasteiger partial charge in [0.2, 0.25) is 11.9 Å². The fourth-order valence-electron chi connectivity index (χ4n) is 4.74.